The highest BCUT2D eigenvalue weighted by molar-refractivity contribution is 6.35. The second-order valence-corrected chi connectivity index (χ2v) is 7.59. The van der Waals surface area contributed by atoms with Gasteiger partial charge in [0.1, 0.15) is 11.3 Å². The van der Waals surface area contributed by atoms with Gasteiger partial charge in [-0.05, 0) is 57.0 Å². The van der Waals surface area contributed by atoms with E-state index in [0.717, 1.165) is 42.8 Å². The lowest BCUT2D eigenvalue weighted by Gasteiger charge is -2.15. The Labute approximate surface area is 169 Å². The van der Waals surface area contributed by atoms with E-state index in [1.54, 1.807) is 18.3 Å². The normalized spacial score (nSPS) is 16.6. The van der Waals surface area contributed by atoms with Gasteiger partial charge in [-0.2, -0.15) is 0 Å². The van der Waals surface area contributed by atoms with E-state index in [-0.39, 0.29) is 18.5 Å². The molecule has 146 valence electrons. The Morgan fingerprint density at radius 2 is 2.21 bits per heavy atom. The minimum absolute atomic E-state index is 0.0441. The molecule has 0 spiro atoms. The van der Waals surface area contributed by atoms with Crippen molar-refractivity contribution in [2.75, 3.05) is 13.2 Å². The minimum atomic E-state index is -0.0503. The van der Waals surface area contributed by atoms with Crippen molar-refractivity contribution in [2.24, 2.45) is 0 Å². The van der Waals surface area contributed by atoms with E-state index in [2.05, 4.69) is 9.55 Å². The van der Waals surface area contributed by atoms with Gasteiger partial charge in [0.15, 0.2) is 6.61 Å². The summed E-state index contributed by atoms with van der Waals surface area (Å²) in [6, 6.07) is 9.17. The van der Waals surface area contributed by atoms with Crippen LogP contribution in [0.25, 0.3) is 10.9 Å². The average molecular weight is 399 g/mol. The summed E-state index contributed by atoms with van der Waals surface area (Å²) in [5.74, 6) is 0.507. The zero-order chi connectivity index (χ0) is 19.7. The molecular weight excluding hydrogens is 376 g/mol. The van der Waals surface area contributed by atoms with Crippen molar-refractivity contribution in [1.29, 1.82) is 0 Å². The summed E-state index contributed by atoms with van der Waals surface area (Å²) in [5.41, 5.74) is 3.38. The van der Waals surface area contributed by atoms with E-state index in [1.165, 1.54) is 0 Å². The van der Waals surface area contributed by atoms with Crippen LogP contribution in [0.3, 0.4) is 0 Å². The Morgan fingerprint density at radius 3 is 3.00 bits per heavy atom. The summed E-state index contributed by atoms with van der Waals surface area (Å²) in [4.78, 5) is 17.2. The maximum atomic E-state index is 12.8. The zero-order valence-corrected chi connectivity index (χ0v) is 16.8. The molecule has 0 saturated carbocycles. The highest BCUT2D eigenvalue weighted by Gasteiger charge is 2.21. The molecule has 1 aliphatic rings. The highest BCUT2D eigenvalue weighted by atomic mass is 35.5. The number of benzene rings is 1. The van der Waals surface area contributed by atoms with E-state index >= 15 is 0 Å². The van der Waals surface area contributed by atoms with Crippen LogP contribution in [-0.4, -0.2) is 34.7 Å². The summed E-state index contributed by atoms with van der Waals surface area (Å²) in [6.45, 7) is 5.58. The van der Waals surface area contributed by atoms with Gasteiger partial charge in [0, 0.05) is 41.7 Å². The molecule has 0 N–H and O–H groups in total. The van der Waals surface area contributed by atoms with Gasteiger partial charge in [0.05, 0.1) is 11.1 Å². The third kappa shape index (κ3) is 3.64. The number of fused-ring (bicyclic) bond motifs is 1. The van der Waals surface area contributed by atoms with Crippen molar-refractivity contribution < 1.29 is 14.3 Å². The molecule has 4 rings (SSSR count). The number of hydrogen-bond acceptors (Lipinski definition) is 4. The summed E-state index contributed by atoms with van der Waals surface area (Å²) in [7, 11) is 0. The monoisotopic (exact) mass is 398 g/mol. The molecule has 1 aliphatic heterocycles. The third-order valence-corrected chi connectivity index (χ3v) is 5.65. The predicted octanol–water partition coefficient (Wildman–Crippen LogP) is 4.75. The van der Waals surface area contributed by atoms with Crippen LogP contribution in [0.5, 0.6) is 5.75 Å². The van der Waals surface area contributed by atoms with Crippen LogP contribution in [0.1, 0.15) is 34.6 Å². The van der Waals surface area contributed by atoms with Crippen molar-refractivity contribution in [1.82, 2.24) is 9.55 Å². The highest BCUT2D eigenvalue weighted by Crippen LogP contribution is 2.30. The van der Waals surface area contributed by atoms with Gasteiger partial charge in [-0.3, -0.25) is 9.78 Å². The molecule has 0 bridgehead atoms. The summed E-state index contributed by atoms with van der Waals surface area (Å²) in [6.07, 6.45) is 4.09. The number of pyridine rings is 1. The van der Waals surface area contributed by atoms with Gasteiger partial charge < -0.3 is 14.0 Å². The van der Waals surface area contributed by atoms with Gasteiger partial charge in [0.25, 0.3) is 0 Å². The number of rotatable bonds is 6. The molecule has 28 heavy (non-hydrogen) atoms. The minimum Gasteiger partial charge on any atom is -0.483 e. The maximum absolute atomic E-state index is 12.8. The van der Waals surface area contributed by atoms with Crippen molar-refractivity contribution in [2.45, 2.75) is 39.3 Å². The number of nitrogens with zero attached hydrogens (tertiary/aromatic N) is 2. The summed E-state index contributed by atoms with van der Waals surface area (Å²) in [5, 5.41) is 1.42. The molecule has 1 atom stereocenters. The largest absolute Gasteiger partial charge is 0.483 e. The van der Waals surface area contributed by atoms with Crippen LogP contribution < -0.4 is 4.74 Å². The molecule has 0 amide bonds. The summed E-state index contributed by atoms with van der Waals surface area (Å²) >= 11 is 6.22. The number of carbonyl (C=O) groups is 1. The van der Waals surface area contributed by atoms with Crippen LogP contribution in [-0.2, 0) is 11.3 Å². The number of aromatic nitrogens is 2. The first-order valence-corrected chi connectivity index (χ1v) is 9.90. The molecule has 0 aliphatic carbocycles. The first kappa shape index (κ1) is 19.0. The second-order valence-electron chi connectivity index (χ2n) is 7.19. The smallest absolute Gasteiger partial charge is 0.202 e. The Morgan fingerprint density at radius 1 is 1.36 bits per heavy atom. The SMILES string of the molecule is Cc1cc(C(=O)COc2ccc(Cl)c3cccnc23)c(C)n1CC1CCCO1. The van der Waals surface area contributed by atoms with Gasteiger partial charge >= 0.3 is 0 Å². The van der Waals surface area contributed by atoms with Crippen LogP contribution >= 0.6 is 11.6 Å². The van der Waals surface area contributed by atoms with Gasteiger partial charge in [-0.1, -0.05) is 11.6 Å². The van der Waals surface area contributed by atoms with Crippen LogP contribution in [0.2, 0.25) is 5.02 Å². The quantitative estimate of drug-likeness (QED) is 0.562. The first-order chi connectivity index (χ1) is 13.5. The molecule has 1 saturated heterocycles. The lowest BCUT2D eigenvalue weighted by molar-refractivity contribution is 0.0915. The van der Waals surface area contributed by atoms with E-state index in [0.29, 0.717) is 21.9 Å². The fourth-order valence-electron chi connectivity index (χ4n) is 3.81. The number of ketones is 1. The molecule has 3 aromatic rings. The van der Waals surface area contributed by atoms with E-state index in [1.807, 2.05) is 32.0 Å². The number of aryl methyl sites for hydroxylation is 1. The lowest BCUT2D eigenvalue weighted by atomic mass is 10.1. The Kier molecular flexibility index (Phi) is 5.38. The fourth-order valence-corrected chi connectivity index (χ4v) is 4.02. The molecule has 1 fully saturated rings. The summed E-state index contributed by atoms with van der Waals surface area (Å²) < 4.78 is 13.7. The van der Waals surface area contributed by atoms with Gasteiger partial charge in [-0.15, -0.1) is 0 Å². The third-order valence-electron chi connectivity index (χ3n) is 5.32. The molecule has 0 radical (unpaired) electrons. The van der Waals surface area contributed by atoms with Crippen LogP contribution in [0, 0.1) is 13.8 Å². The first-order valence-electron chi connectivity index (χ1n) is 9.52. The predicted molar refractivity (Wildman–Crippen MR) is 109 cm³/mol. The molecular formula is C22H23ClN2O3. The van der Waals surface area contributed by atoms with Crippen molar-refractivity contribution >= 4 is 28.3 Å². The van der Waals surface area contributed by atoms with E-state index < -0.39 is 0 Å². The standard InChI is InChI=1S/C22H23ClN2O3/c1-14-11-18(15(2)25(14)12-16-5-4-10-27-16)20(26)13-28-21-8-7-19(23)17-6-3-9-24-22(17)21/h3,6-9,11,16H,4-5,10,12-13H2,1-2H3. The molecule has 1 unspecified atom stereocenters. The lowest BCUT2D eigenvalue weighted by Crippen LogP contribution is -2.18. The Bertz CT molecular complexity index is 1020. The average Bonchev–Trinajstić information content (AvgIpc) is 3.31. The maximum Gasteiger partial charge on any atom is 0.202 e. The van der Waals surface area contributed by atoms with Crippen molar-refractivity contribution in [3.8, 4) is 5.75 Å². The number of ether oxygens (including phenoxy) is 2. The molecule has 1 aromatic carbocycles. The molecule has 3 heterocycles. The number of halogens is 1. The number of hydrogen-bond donors (Lipinski definition) is 0. The van der Waals surface area contributed by atoms with Gasteiger partial charge in [-0.25, -0.2) is 0 Å². The van der Waals surface area contributed by atoms with Crippen molar-refractivity contribution in [3.63, 3.8) is 0 Å². The van der Waals surface area contributed by atoms with Crippen LogP contribution in [0.15, 0.2) is 36.5 Å². The topological polar surface area (TPSA) is 53.3 Å². The van der Waals surface area contributed by atoms with Crippen molar-refractivity contribution in [3.05, 3.63) is 58.5 Å². The van der Waals surface area contributed by atoms with Crippen LogP contribution in [0.4, 0.5) is 0 Å². The number of carbonyl (C=O) groups excluding carboxylic acids is 1. The van der Waals surface area contributed by atoms with E-state index in [4.69, 9.17) is 21.1 Å². The molecule has 6 heteroatoms. The zero-order valence-electron chi connectivity index (χ0n) is 16.1. The second kappa shape index (κ2) is 7.94. The van der Waals surface area contributed by atoms with Gasteiger partial charge in [0.2, 0.25) is 5.78 Å². The fraction of sp³-hybridized carbons (Fsp3) is 0.364. The molecule has 5 nitrogen and oxygen atoms in total. The number of Topliss-reactive ketones (excluding diaryl/α,β-unsaturated/α-hetero) is 1. The van der Waals surface area contributed by atoms with E-state index in [9.17, 15) is 4.79 Å². The Hall–Kier alpha value is -2.37. The molecule has 2 aromatic heterocycles. The Balaban J connectivity index is 1.51.